The van der Waals surface area contributed by atoms with Gasteiger partial charge in [-0.3, -0.25) is 4.79 Å². The fourth-order valence-electron chi connectivity index (χ4n) is 1.91. The predicted octanol–water partition coefficient (Wildman–Crippen LogP) is 2.59. The van der Waals surface area contributed by atoms with Crippen molar-refractivity contribution < 1.29 is 22.7 Å². The van der Waals surface area contributed by atoms with Gasteiger partial charge in [-0.25, -0.2) is 4.98 Å². The SMILES string of the molecule is CN(Cc1cccc(OC(F)(F)F)c1)C(=O)c1cn(C)cn1. The molecule has 1 amide bonds. The Hall–Kier alpha value is -2.51. The first-order valence-corrected chi connectivity index (χ1v) is 6.33. The lowest BCUT2D eigenvalue weighted by Gasteiger charge is -2.17. The number of carbonyl (C=O) groups is 1. The topological polar surface area (TPSA) is 47.4 Å². The molecule has 0 atom stereocenters. The number of halogens is 3. The van der Waals surface area contributed by atoms with E-state index >= 15 is 0 Å². The quantitative estimate of drug-likeness (QED) is 0.871. The van der Waals surface area contributed by atoms with E-state index in [1.165, 1.54) is 29.4 Å². The number of benzene rings is 1. The molecule has 0 aliphatic rings. The highest BCUT2D eigenvalue weighted by molar-refractivity contribution is 5.91. The summed E-state index contributed by atoms with van der Waals surface area (Å²) < 4.78 is 42.1. The minimum Gasteiger partial charge on any atom is -0.406 e. The summed E-state index contributed by atoms with van der Waals surface area (Å²) in [5.41, 5.74) is 0.793. The first-order chi connectivity index (χ1) is 10.2. The molecular weight excluding hydrogens is 299 g/mol. The Morgan fingerprint density at radius 1 is 1.41 bits per heavy atom. The second-order valence-corrected chi connectivity index (χ2v) is 4.78. The number of nitrogens with zero attached hydrogens (tertiary/aromatic N) is 3. The third-order valence-electron chi connectivity index (χ3n) is 2.82. The molecule has 5 nitrogen and oxygen atoms in total. The largest absolute Gasteiger partial charge is 0.573 e. The Balaban J connectivity index is 2.06. The van der Waals surface area contributed by atoms with Gasteiger partial charge in [-0.05, 0) is 17.7 Å². The van der Waals surface area contributed by atoms with E-state index in [1.54, 1.807) is 30.9 Å². The first-order valence-electron chi connectivity index (χ1n) is 6.33. The molecule has 0 unspecified atom stereocenters. The van der Waals surface area contributed by atoms with Crippen LogP contribution in [0.15, 0.2) is 36.8 Å². The standard InChI is InChI=1S/C14H14F3N3O2/c1-19-8-12(18-9-19)13(21)20(2)7-10-4-3-5-11(6-10)22-14(15,16)17/h3-6,8-9H,7H2,1-2H3. The Labute approximate surface area is 124 Å². The van der Waals surface area contributed by atoms with Crippen LogP contribution in [0.2, 0.25) is 0 Å². The average molecular weight is 313 g/mol. The Kier molecular flexibility index (Phi) is 4.39. The van der Waals surface area contributed by atoms with E-state index in [0.29, 0.717) is 5.56 Å². The molecule has 0 aliphatic carbocycles. The second-order valence-electron chi connectivity index (χ2n) is 4.78. The number of ether oxygens (including phenoxy) is 1. The zero-order valence-corrected chi connectivity index (χ0v) is 12.0. The van der Waals surface area contributed by atoms with E-state index in [4.69, 9.17) is 0 Å². The summed E-state index contributed by atoms with van der Waals surface area (Å²) >= 11 is 0. The highest BCUT2D eigenvalue weighted by atomic mass is 19.4. The van der Waals surface area contributed by atoms with Gasteiger partial charge in [0.25, 0.3) is 5.91 Å². The van der Waals surface area contributed by atoms with Gasteiger partial charge in [0.1, 0.15) is 11.4 Å². The van der Waals surface area contributed by atoms with E-state index in [1.807, 2.05) is 0 Å². The summed E-state index contributed by atoms with van der Waals surface area (Å²) in [6.07, 6.45) is -1.67. The van der Waals surface area contributed by atoms with Gasteiger partial charge in [0.05, 0.1) is 6.33 Å². The lowest BCUT2D eigenvalue weighted by atomic mass is 10.2. The summed E-state index contributed by atoms with van der Waals surface area (Å²) in [7, 11) is 3.29. The zero-order valence-electron chi connectivity index (χ0n) is 12.0. The van der Waals surface area contributed by atoms with Crippen LogP contribution in [0.5, 0.6) is 5.75 Å². The Bertz CT molecular complexity index is 667. The van der Waals surface area contributed by atoms with Gasteiger partial charge >= 0.3 is 6.36 Å². The lowest BCUT2D eigenvalue weighted by Crippen LogP contribution is -2.26. The highest BCUT2D eigenvalue weighted by Gasteiger charge is 2.31. The molecule has 0 saturated carbocycles. The summed E-state index contributed by atoms with van der Waals surface area (Å²) in [5.74, 6) is -0.633. The van der Waals surface area contributed by atoms with Gasteiger partial charge in [0, 0.05) is 26.8 Å². The molecule has 1 aromatic carbocycles. The number of aromatic nitrogens is 2. The highest BCUT2D eigenvalue weighted by Crippen LogP contribution is 2.23. The summed E-state index contributed by atoms with van der Waals surface area (Å²) in [6, 6.07) is 5.51. The minimum atomic E-state index is -4.74. The first kappa shape index (κ1) is 15.9. The molecule has 2 rings (SSSR count). The second kappa shape index (κ2) is 6.08. The van der Waals surface area contributed by atoms with Crippen LogP contribution in [0.1, 0.15) is 16.1 Å². The van der Waals surface area contributed by atoms with Crippen molar-refractivity contribution in [3.05, 3.63) is 48.0 Å². The number of aryl methyl sites for hydroxylation is 1. The van der Waals surface area contributed by atoms with Crippen LogP contribution in [0.25, 0.3) is 0 Å². The zero-order chi connectivity index (χ0) is 16.3. The van der Waals surface area contributed by atoms with Crippen molar-refractivity contribution in [2.45, 2.75) is 12.9 Å². The normalized spacial score (nSPS) is 11.3. The Morgan fingerprint density at radius 3 is 2.73 bits per heavy atom. The summed E-state index contributed by atoms with van der Waals surface area (Å²) in [5, 5.41) is 0. The fourth-order valence-corrected chi connectivity index (χ4v) is 1.91. The van der Waals surface area contributed by atoms with E-state index < -0.39 is 6.36 Å². The number of imidazole rings is 1. The van der Waals surface area contributed by atoms with Crippen LogP contribution in [-0.4, -0.2) is 33.8 Å². The number of alkyl halides is 3. The summed E-state index contributed by atoms with van der Waals surface area (Å²) in [6.45, 7) is 0.143. The van der Waals surface area contributed by atoms with Crippen molar-refractivity contribution in [3.8, 4) is 5.75 Å². The maximum absolute atomic E-state index is 12.2. The van der Waals surface area contributed by atoms with E-state index in [9.17, 15) is 18.0 Å². The monoisotopic (exact) mass is 313 g/mol. The lowest BCUT2D eigenvalue weighted by molar-refractivity contribution is -0.274. The van der Waals surface area contributed by atoms with E-state index in [-0.39, 0.29) is 23.9 Å². The van der Waals surface area contributed by atoms with Crippen LogP contribution in [-0.2, 0) is 13.6 Å². The maximum Gasteiger partial charge on any atom is 0.573 e. The van der Waals surface area contributed by atoms with Crippen LogP contribution >= 0.6 is 0 Å². The van der Waals surface area contributed by atoms with Crippen LogP contribution in [0, 0.1) is 0 Å². The third-order valence-corrected chi connectivity index (χ3v) is 2.82. The molecular formula is C14H14F3N3O2. The van der Waals surface area contributed by atoms with Crippen molar-refractivity contribution in [3.63, 3.8) is 0 Å². The van der Waals surface area contributed by atoms with Crippen LogP contribution < -0.4 is 4.74 Å². The Morgan fingerprint density at radius 2 is 2.14 bits per heavy atom. The molecule has 0 aliphatic heterocycles. The van der Waals surface area contributed by atoms with Crippen LogP contribution in [0.4, 0.5) is 13.2 Å². The van der Waals surface area contributed by atoms with Crippen molar-refractivity contribution in [1.82, 2.24) is 14.5 Å². The van der Waals surface area contributed by atoms with E-state index in [0.717, 1.165) is 0 Å². The van der Waals surface area contributed by atoms with Crippen LogP contribution in [0.3, 0.4) is 0 Å². The number of carbonyl (C=O) groups excluding carboxylic acids is 1. The van der Waals surface area contributed by atoms with Gasteiger partial charge < -0.3 is 14.2 Å². The summed E-state index contributed by atoms with van der Waals surface area (Å²) in [4.78, 5) is 17.4. The molecule has 1 heterocycles. The molecule has 118 valence electrons. The number of rotatable bonds is 4. The number of hydrogen-bond donors (Lipinski definition) is 0. The molecule has 0 radical (unpaired) electrons. The van der Waals surface area contributed by atoms with Gasteiger partial charge in [-0.1, -0.05) is 12.1 Å². The van der Waals surface area contributed by atoms with Gasteiger partial charge in [-0.15, -0.1) is 13.2 Å². The molecule has 0 spiro atoms. The maximum atomic E-state index is 12.2. The smallest absolute Gasteiger partial charge is 0.406 e. The minimum absolute atomic E-state index is 0.143. The predicted molar refractivity (Wildman–Crippen MR) is 72.1 cm³/mol. The van der Waals surface area contributed by atoms with E-state index in [2.05, 4.69) is 9.72 Å². The molecule has 0 fully saturated rings. The molecule has 22 heavy (non-hydrogen) atoms. The average Bonchev–Trinajstić information content (AvgIpc) is 2.83. The van der Waals surface area contributed by atoms with Gasteiger partial charge in [-0.2, -0.15) is 0 Å². The number of hydrogen-bond acceptors (Lipinski definition) is 3. The fraction of sp³-hybridized carbons (Fsp3) is 0.286. The molecule has 0 saturated heterocycles. The molecule has 0 N–H and O–H groups in total. The third kappa shape index (κ3) is 4.24. The van der Waals surface area contributed by atoms with Crippen molar-refractivity contribution in [2.75, 3.05) is 7.05 Å². The van der Waals surface area contributed by atoms with Gasteiger partial charge in [0.15, 0.2) is 0 Å². The van der Waals surface area contributed by atoms with Gasteiger partial charge in [0.2, 0.25) is 0 Å². The van der Waals surface area contributed by atoms with Crippen molar-refractivity contribution in [2.24, 2.45) is 7.05 Å². The molecule has 2 aromatic rings. The molecule has 8 heteroatoms. The van der Waals surface area contributed by atoms with Crippen molar-refractivity contribution in [1.29, 1.82) is 0 Å². The van der Waals surface area contributed by atoms with Crippen molar-refractivity contribution >= 4 is 5.91 Å². The number of amides is 1. The molecule has 1 aromatic heterocycles. The molecule has 0 bridgehead atoms.